The van der Waals surface area contributed by atoms with Crippen LogP contribution in [0.25, 0.3) is 0 Å². The molecule has 0 fully saturated rings. The van der Waals surface area contributed by atoms with Crippen molar-refractivity contribution in [1.29, 1.82) is 0 Å². The summed E-state index contributed by atoms with van der Waals surface area (Å²) in [6.07, 6.45) is 9.58. The summed E-state index contributed by atoms with van der Waals surface area (Å²) < 4.78 is 32.7. The van der Waals surface area contributed by atoms with Gasteiger partial charge in [-0.25, -0.2) is 0 Å². The average Bonchev–Trinajstić information content (AvgIpc) is 3.09. The van der Waals surface area contributed by atoms with Crippen LogP contribution in [-0.2, 0) is 18.5 Å². The molecule has 1 aliphatic carbocycles. The van der Waals surface area contributed by atoms with Gasteiger partial charge in [-0.1, -0.05) is 0 Å². The topological polar surface area (TPSA) is 73.9 Å². The van der Waals surface area contributed by atoms with Crippen molar-refractivity contribution >= 4 is 31.9 Å². The van der Waals surface area contributed by atoms with E-state index in [1.807, 2.05) is 19.9 Å². The van der Waals surface area contributed by atoms with Gasteiger partial charge in [-0.3, -0.25) is 0 Å². The fraction of sp³-hybridized carbons (Fsp3) is 0.719. The Hall–Kier alpha value is -0.661. The Balaban J connectivity index is 2.80. The maximum atomic E-state index is 15.1. The van der Waals surface area contributed by atoms with Gasteiger partial charge >= 0.3 is 250 Å². The van der Waals surface area contributed by atoms with Crippen molar-refractivity contribution in [1.82, 2.24) is 5.48 Å². The first-order valence-corrected chi connectivity index (χ1v) is 24.6. The number of nitrogens with one attached hydrogen (secondary N) is 1. The quantitative estimate of drug-likeness (QED) is 0.0944. The van der Waals surface area contributed by atoms with E-state index in [1.165, 1.54) is 55.4 Å². The van der Waals surface area contributed by atoms with E-state index in [1.54, 1.807) is 24.3 Å². The molecule has 40 heavy (non-hydrogen) atoms. The van der Waals surface area contributed by atoms with Crippen LogP contribution in [0.2, 0.25) is 13.3 Å². The van der Waals surface area contributed by atoms with E-state index in [2.05, 4.69) is 60.0 Å². The third kappa shape index (κ3) is 6.93. The fourth-order valence-electron chi connectivity index (χ4n) is 7.12. The Bertz CT molecular complexity index is 994. The van der Waals surface area contributed by atoms with Gasteiger partial charge in [-0.15, -0.1) is 0 Å². The van der Waals surface area contributed by atoms with Gasteiger partial charge in [0, 0.05) is 0 Å². The molecule has 0 aliphatic heterocycles. The predicted molar refractivity (Wildman–Crippen MR) is 169 cm³/mol. The standard InChI is InChI=1S/C20H29NO5P.3C4H9.Sn/c1-7-24-27(23,25-8-2)20(18(3,4)14-15-19(20,5)6)21-26-17(22)16-12-10-9-11-13-16;3*1-3-4-2;/h9-14,21H,7-8H2,1-6H3;3*1,3-4H2,2H3;. The number of benzene rings is 1. The number of carbonyl (C=O) groups is 1. The van der Waals surface area contributed by atoms with Crippen molar-refractivity contribution in [2.24, 2.45) is 10.8 Å². The van der Waals surface area contributed by atoms with Crippen molar-refractivity contribution in [3.05, 3.63) is 45.6 Å². The van der Waals surface area contributed by atoms with Gasteiger partial charge in [0.2, 0.25) is 0 Å². The zero-order valence-electron chi connectivity index (χ0n) is 26.7. The minimum atomic E-state index is -3.88. The van der Waals surface area contributed by atoms with Crippen molar-refractivity contribution in [2.75, 3.05) is 13.2 Å². The van der Waals surface area contributed by atoms with Gasteiger partial charge in [0.25, 0.3) is 0 Å². The molecule has 8 heteroatoms. The number of rotatable bonds is 18. The zero-order valence-corrected chi connectivity index (χ0v) is 30.5. The van der Waals surface area contributed by atoms with E-state index in [0.717, 1.165) is 0 Å². The minimum absolute atomic E-state index is 0.227. The van der Waals surface area contributed by atoms with Gasteiger partial charge in [0.05, 0.1) is 0 Å². The molecule has 228 valence electrons. The molecular weight excluding hydrogens is 628 g/mol. The Kier molecular flexibility index (Phi) is 13.5. The summed E-state index contributed by atoms with van der Waals surface area (Å²) in [5.41, 5.74) is 2.28. The summed E-state index contributed by atoms with van der Waals surface area (Å²) in [5.74, 6) is -0.516. The van der Waals surface area contributed by atoms with Gasteiger partial charge in [-0.2, -0.15) is 0 Å². The van der Waals surface area contributed by atoms with E-state index >= 15 is 4.57 Å². The molecule has 1 aliphatic rings. The zero-order chi connectivity index (χ0) is 30.1. The molecule has 0 heterocycles. The summed E-state index contributed by atoms with van der Waals surface area (Å²) in [6.45, 7) is 19.6. The molecule has 6 nitrogen and oxygen atoms in total. The van der Waals surface area contributed by atoms with Crippen LogP contribution in [0.5, 0.6) is 0 Å². The van der Waals surface area contributed by atoms with Crippen LogP contribution in [-0.4, -0.2) is 42.8 Å². The Morgan fingerprint density at radius 2 is 1.30 bits per heavy atom. The van der Waals surface area contributed by atoms with Crippen molar-refractivity contribution in [3.63, 3.8) is 0 Å². The molecule has 1 atom stereocenters. The first-order chi connectivity index (χ1) is 18.9. The Labute approximate surface area is 248 Å². The second kappa shape index (κ2) is 15.2. The molecule has 0 bridgehead atoms. The fourth-order valence-corrected chi connectivity index (χ4v) is 29.8. The molecular formula is C32H56NO5PSn. The first-order valence-electron chi connectivity index (χ1n) is 15.5. The molecule has 0 saturated carbocycles. The van der Waals surface area contributed by atoms with Crippen LogP contribution < -0.4 is 5.48 Å². The summed E-state index contributed by atoms with van der Waals surface area (Å²) in [4.78, 5) is 19.1. The van der Waals surface area contributed by atoms with Gasteiger partial charge in [0.15, 0.2) is 0 Å². The van der Waals surface area contributed by atoms with Crippen molar-refractivity contribution in [2.45, 2.75) is 119 Å². The van der Waals surface area contributed by atoms with Crippen LogP contribution in [0.4, 0.5) is 0 Å². The molecule has 0 saturated heterocycles. The van der Waals surface area contributed by atoms with Crippen LogP contribution in [0.3, 0.4) is 0 Å². The summed E-state index contributed by atoms with van der Waals surface area (Å²) in [5, 5.41) is -1.30. The molecule has 1 N–H and O–H groups in total. The third-order valence-corrected chi connectivity index (χ3v) is 28.8. The Morgan fingerprint density at radius 3 is 1.73 bits per heavy atom. The number of hydrogen-bond acceptors (Lipinski definition) is 6. The van der Waals surface area contributed by atoms with Crippen molar-refractivity contribution in [3.8, 4) is 0 Å². The van der Waals surface area contributed by atoms with E-state index in [0.29, 0.717) is 5.56 Å². The number of unbranched alkanes of at least 4 members (excludes halogenated alkanes) is 3. The normalized spacial score (nSPS) is 20.4. The van der Waals surface area contributed by atoms with E-state index in [4.69, 9.17) is 13.9 Å². The Morgan fingerprint density at radius 1 is 0.825 bits per heavy atom. The van der Waals surface area contributed by atoms with E-state index in [9.17, 15) is 4.79 Å². The second-order valence-corrected chi connectivity index (χ2v) is 27.7. The SMILES string of the molecule is CCC[CH2][Sn]([CH2]CCC)([CH2]CCC)[C]1=CC(C)(C)C(NOC(=O)c2ccccc2)(P(=O)(OCC)OCC)C1(C)C. The van der Waals surface area contributed by atoms with E-state index < -0.39 is 48.1 Å². The van der Waals surface area contributed by atoms with Crippen LogP contribution in [0.15, 0.2) is 40.0 Å². The van der Waals surface area contributed by atoms with Crippen LogP contribution in [0, 0.1) is 10.8 Å². The molecule has 0 amide bonds. The van der Waals surface area contributed by atoms with E-state index in [-0.39, 0.29) is 13.2 Å². The number of hydrogen-bond donors (Lipinski definition) is 1. The molecule has 0 radical (unpaired) electrons. The van der Waals surface area contributed by atoms with Crippen molar-refractivity contribution < 1.29 is 23.2 Å². The second-order valence-electron chi connectivity index (χ2n) is 12.4. The van der Waals surface area contributed by atoms with Gasteiger partial charge in [0.1, 0.15) is 0 Å². The average molecular weight is 684 g/mol. The molecule has 1 aromatic carbocycles. The number of hydroxylamine groups is 1. The molecule has 1 aromatic rings. The maximum absolute atomic E-state index is 15.1. The molecule has 2 rings (SSSR count). The van der Waals surface area contributed by atoms with Crippen LogP contribution in [0.1, 0.15) is 111 Å². The van der Waals surface area contributed by atoms with Crippen LogP contribution >= 0.6 is 7.60 Å². The summed E-state index contributed by atoms with van der Waals surface area (Å²) >= 11 is -3.05. The molecule has 1 unspecified atom stereocenters. The van der Waals surface area contributed by atoms with Gasteiger partial charge < -0.3 is 0 Å². The molecule has 0 spiro atoms. The number of carbonyl (C=O) groups excluding carboxylic acids is 1. The molecule has 0 aromatic heterocycles. The predicted octanol–water partition coefficient (Wildman–Crippen LogP) is 9.69. The first kappa shape index (κ1) is 35.5. The summed E-state index contributed by atoms with van der Waals surface area (Å²) in [7, 11) is -3.88. The monoisotopic (exact) mass is 685 g/mol. The van der Waals surface area contributed by atoms with Gasteiger partial charge in [-0.05, 0) is 0 Å². The summed E-state index contributed by atoms with van der Waals surface area (Å²) in [6, 6.07) is 8.91. The third-order valence-electron chi connectivity index (χ3n) is 8.92.